The maximum absolute atomic E-state index is 11.5. The van der Waals surface area contributed by atoms with E-state index < -0.39 is 5.97 Å². The Labute approximate surface area is 162 Å². The Balaban J connectivity index is 1.55. The van der Waals surface area contributed by atoms with E-state index in [2.05, 4.69) is 0 Å². The van der Waals surface area contributed by atoms with Crippen LogP contribution in [0.5, 0.6) is 11.5 Å². The number of aliphatic carboxylic acids is 1. The topological polar surface area (TPSA) is 55.8 Å². The first-order valence-electron chi connectivity index (χ1n) is 8.53. The van der Waals surface area contributed by atoms with Crippen molar-refractivity contribution in [3.63, 3.8) is 0 Å². The number of carbonyl (C=O) groups is 1. The van der Waals surface area contributed by atoms with Gasteiger partial charge in [-0.1, -0.05) is 30.3 Å². The normalized spacial score (nSPS) is 11.2. The zero-order valence-corrected chi connectivity index (χ0v) is 15.7. The summed E-state index contributed by atoms with van der Waals surface area (Å²) < 4.78 is 11.3. The van der Waals surface area contributed by atoms with Crippen molar-refractivity contribution in [1.82, 2.24) is 0 Å². The van der Waals surface area contributed by atoms with Crippen LogP contribution >= 0.6 is 11.3 Å². The summed E-state index contributed by atoms with van der Waals surface area (Å²) in [6.07, 6.45) is 1.67. The average Bonchev–Trinajstić information content (AvgIpc) is 3.18. The maximum atomic E-state index is 11.5. The average molecular weight is 380 g/mol. The maximum Gasteiger partial charge on any atom is 0.337 e. The van der Waals surface area contributed by atoms with Crippen LogP contribution in [0.25, 0.3) is 11.6 Å². The third kappa shape index (κ3) is 5.46. The van der Waals surface area contributed by atoms with E-state index in [9.17, 15) is 9.90 Å². The second kappa shape index (κ2) is 9.05. The quantitative estimate of drug-likeness (QED) is 0.434. The van der Waals surface area contributed by atoms with Gasteiger partial charge in [0.25, 0.3) is 0 Å². The number of ether oxygens (including phenoxy) is 2. The monoisotopic (exact) mass is 380 g/mol. The molecule has 0 aliphatic heterocycles. The number of rotatable bonds is 8. The Bertz CT molecular complexity index is 912. The second-order valence-corrected chi connectivity index (χ2v) is 6.87. The Kier molecular flexibility index (Phi) is 6.28. The first-order valence-corrected chi connectivity index (χ1v) is 9.41. The van der Waals surface area contributed by atoms with Gasteiger partial charge in [0.15, 0.2) is 0 Å². The van der Waals surface area contributed by atoms with E-state index in [-0.39, 0.29) is 5.57 Å². The lowest BCUT2D eigenvalue weighted by atomic mass is 10.1. The lowest BCUT2D eigenvalue weighted by molar-refractivity contribution is -0.130. The molecule has 138 valence electrons. The van der Waals surface area contributed by atoms with Crippen LogP contribution in [0.1, 0.15) is 16.0 Å². The molecule has 4 nitrogen and oxygen atoms in total. The highest BCUT2D eigenvalue weighted by Gasteiger charge is 2.11. The van der Waals surface area contributed by atoms with Gasteiger partial charge in [-0.2, -0.15) is 0 Å². The molecule has 0 radical (unpaired) electrons. The second-order valence-electron chi connectivity index (χ2n) is 5.92. The van der Waals surface area contributed by atoms with E-state index in [1.165, 1.54) is 11.3 Å². The lowest BCUT2D eigenvalue weighted by Crippen LogP contribution is -2.09. The van der Waals surface area contributed by atoms with Crippen LogP contribution in [0.4, 0.5) is 0 Å². The fraction of sp³-hybridized carbons (Fsp3) is 0.136. The highest BCUT2D eigenvalue weighted by molar-refractivity contribution is 7.11. The van der Waals surface area contributed by atoms with Gasteiger partial charge in [-0.15, -0.1) is 11.3 Å². The molecule has 27 heavy (non-hydrogen) atoms. The zero-order chi connectivity index (χ0) is 19.1. The third-order valence-corrected chi connectivity index (χ3v) is 4.72. The molecule has 0 fully saturated rings. The van der Waals surface area contributed by atoms with Crippen molar-refractivity contribution in [2.45, 2.75) is 6.92 Å². The van der Waals surface area contributed by atoms with E-state index in [1.807, 2.05) is 66.9 Å². The first-order chi connectivity index (χ1) is 13.1. The summed E-state index contributed by atoms with van der Waals surface area (Å²) >= 11 is 1.41. The van der Waals surface area contributed by atoms with Gasteiger partial charge in [-0.25, -0.2) is 4.79 Å². The summed E-state index contributed by atoms with van der Waals surface area (Å²) in [6, 6.07) is 18.9. The van der Waals surface area contributed by atoms with Crippen LogP contribution in [0.3, 0.4) is 0 Å². The van der Waals surface area contributed by atoms with Crippen molar-refractivity contribution in [3.05, 3.63) is 82.0 Å². The molecule has 0 unspecified atom stereocenters. The largest absolute Gasteiger partial charge is 0.490 e. The van der Waals surface area contributed by atoms with Crippen LogP contribution in [0.15, 0.2) is 66.0 Å². The van der Waals surface area contributed by atoms with Crippen LogP contribution in [-0.2, 0) is 4.79 Å². The van der Waals surface area contributed by atoms with Crippen molar-refractivity contribution in [1.29, 1.82) is 0 Å². The molecule has 0 saturated carbocycles. The van der Waals surface area contributed by atoms with E-state index in [4.69, 9.17) is 9.47 Å². The summed E-state index contributed by atoms with van der Waals surface area (Å²) in [5, 5.41) is 11.3. The van der Waals surface area contributed by atoms with Gasteiger partial charge in [0.05, 0.1) is 5.57 Å². The van der Waals surface area contributed by atoms with Gasteiger partial charge in [0.1, 0.15) is 24.7 Å². The molecule has 0 atom stereocenters. The molecule has 0 amide bonds. The number of hydrogen-bond acceptors (Lipinski definition) is 4. The van der Waals surface area contributed by atoms with Crippen molar-refractivity contribution in [3.8, 4) is 11.5 Å². The molecule has 1 N–H and O–H groups in total. The lowest BCUT2D eigenvalue weighted by Gasteiger charge is -2.09. The van der Waals surface area contributed by atoms with Gasteiger partial charge in [-0.3, -0.25) is 0 Å². The Hall–Kier alpha value is -3.05. The predicted octanol–water partition coefficient (Wildman–Crippen LogP) is 5.14. The summed E-state index contributed by atoms with van der Waals surface area (Å²) in [5.41, 5.74) is 2.25. The van der Waals surface area contributed by atoms with E-state index in [1.54, 1.807) is 12.1 Å². The molecule has 5 heteroatoms. The predicted molar refractivity (Wildman–Crippen MR) is 108 cm³/mol. The van der Waals surface area contributed by atoms with Gasteiger partial charge < -0.3 is 14.6 Å². The molecular formula is C22H20O4S. The smallest absolute Gasteiger partial charge is 0.337 e. The minimum atomic E-state index is -0.939. The van der Waals surface area contributed by atoms with Crippen LogP contribution < -0.4 is 9.47 Å². The molecule has 0 aliphatic rings. The summed E-state index contributed by atoms with van der Waals surface area (Å²) in [6.45, 7) is 2.90. The molecule has 1 aromatic heterocycles. The molecule has 0 bridgehead atoms. The highest BCUT2D eigenvalue weighted by atomic mass is 32.1. The molecule has 0 spiro atoms. The van der Waals surface area contributed by atoms with E-state index in [0.29, 0.717) is 19.0 Å². The highest BCUT2D eigenvalue weighted by Crippen LogP contribution is 2.24. The van der Waals surface area contributed by atoms with Crippen molar-refractivity contribution < 1.29 is 19.4 Å². The van der Waals surface area contributed by atoms with Crippen LogP contribution in [0.2, 0.25) is 0 Å². The molecule has 3 rings (SSSR count). The van der Waals surface area contributed by atoms with Gasteiger partial charge in [0, 0.05) is 4.88 Å². The van der Waals surface area contributed by atoms with Gasteiger partial charge >= 0.3 is 5.97 Å². The standard InChI is InChI=1S/C22H20O4S/c1-16-4-2-5-19(14-16)26-12-11-25-18-9-7-17(8-10-18)15-20(22(23)24)21-6-3-13-27-21/h2-10,13-15H,11-12H2,1H3,(H,23,24)/b20-15-. The van der Waals surface area contributed by atoms with Crippen molar-refractivity contribution in [2.24, 2.45) is 0 Å². The number of carboxylic acid groups (broad SMARTS) is 1. The summed E-state index contributed by atoms with van der Waals surface area (Å²) in [7, 11) is 0. The minimum absolute atomic E-state index is 0.283. The van der Waals surface area contributed by atoms with Gasteiger partial charge in [0.2, 0.25) is 0 Å². The number of carboxylic acids is 1. The van der Waals surface area contributed by atoms with Crippen molar-refractivity contribution in [2.75, 3.05) is 13.2 Å². The molecule has 0 aliphatic carbocycles. The summed E-state index contributed by atoms with van der Waals surface area (Å²) in [4.78, 5) is 12.2. The van der Waals surface area contributed by atoms with Crippen LogP contribution in [0, 0.1) is 6.92 Å². The van der Waals surface area contributed by atoms with Crippen molar-refractivity contribution >= 4 is 29.0 Å². The summed E-state index contributed by atoms with van der Waals surface area (Å²) in [5.74, 6) is 0.605. The van der Waals surface area contributed by atoms with Gasteiger partial charge in [-0.05, 0) is 59.8 Å². The number of hydrogen-bond donors (Lipinski definition) is 1. The fourth-order valence-corrected chi connectivity index (χ4v) is 3.26. The Morgan fingerprint density at radius 1 is 1.00 bits per heavy atom. The van der Waals surface area contributed by atoms with E-state index in [0.717, 1.165) is 21.8 Å². The Morgan fingerprint density at radius 3 is 2.37 bits per heavy atom. The SMILES string of the molecule is Cc1cccc(OCCOc2ccc(/C=C(\C(=O)O)c3cccs3)cc2)c1. The molecule has 3 aromatic rings. The number of benzene rings is 2. The minimum Gasteiger partial charge on any atom is -0.490 e. The molecule has 0 saturated heterocycles. The van der Waals surface area contributed by atoms with Crippen LogP contribution in [-0.4, -0.2) is 24.3 Å². The molecular weight excluding hydrogens is 360 g/mol. The molecule has 1 heterocycles. The van der Waals surface area contributed by atoms with E-state index >= 15 is 0 Å². The molecule has 2 aromatic carbocycles. The first kappa shape index (κ1) is 18.7. The zero-order valence-electron chi connectivity index (χ0n) is 14.9. The fourth-order valence-electron chi connectivity index (χ4n) is 2.52. The number of thiophene rings is 1. The Morgan fingerprint density at radius 2 is 1.74 bits per heavy atom. The third-order valence-electron chi connectivity index (χ3n) is 3.82. The number of aryl methyl sites for hydroxylation is 1.